The number of halogens is 2. The molecule has 0 aliphatic carbocycles. The molecular formula is C11H9ClFN5S. The highest BCUT2D eigenvalue weighted by molar-refractivity contribution is 7.71. The van der Waals surface area contributed by atoms with Crippen LogP contribution in [0.1, 0.15) is 5.82 Å². The van der Waals surface area contributed by atoms with Gasteiger partial charge < -0.3 is 9.55 Å². The van der Waals surface area contributed by atoms with Crippen LogP contribution in [0.4, 0.5) is 4.39 Å². The first-order valence-electron chi connectivity index (χ1n) is 5.46. The van der Waals surface area contributed by atoms with Gasteiger partial charge in [-0.05, 0) is 18.3 Å². The third-order valence-electron chi connectivity index (χ3n) is 2.76. The molecule has 0 saturated carbocycles. The fraction of sp³-hybridized carbons (Fsp3) is 0.182. The van der Waals surface area contributed by atoms with E-state index in [4.69, 9.17) is 23.8 Å². The van der Waals surface area contributed by atoms with Crippen LogP contribution >= 0.6 is 23.8 Å². The van der Waals surface area contributed by atoms with E-state index in [9.17, 15) is 4.39 Å². The number of hydrogen-bond donors (Lipinski definition) is 1. The lowest BCUT2D eigenvalue weighted by Gasteiger charge is -2.01. The molecule has 2 aromatic heterocycles. The minimum absolute atomic E-state index is 0.0619. The van der Waals surface area contributed by atoms with Crippen molar-refractivity contribution in [3.8, 4) is 0 Å². The van der Waals surface area contributed by atoms with E-state index in [1.165, 1.54) is 12.1 Å². The van der Waals surface area contributed by atoms with Crippen LogP contribution in [0.2, 0.25) is 5.02 Å². The molecule has 0 radical (unpaired) electrons. The summed E-state index contributed by atoms with van der Waals surface area (Å²) in [6, 6.07) is 2.87. The molecule has 0 unspecified atom stereocenters. The van der Waals surface area contributed by atoms with E-state index in [0.717, 1.165) is 0 Å². The number of benzene rings is 1. The summed E-state index contributed by atoms with van der Waals surface area (Å²) in [4.78, 5) is 7.12. The number of nitrogens with one attached hydrogen (secondary N) is 1. The van der Waals surface area contributed by atoms with E-state index in [-0.39, 0.29) is 5.02 Å². The van der Waals surface area contributed by atoms with Crippen LogP contribution < -0.4 is 0 Å². The Morgan fingerprint density at radius 3 is 2.95 bits per heavy atom. The van der Waals surface area contributed by atoms with Crippen molar-refractivity contribution in [2.45, 2.75) is 6.54 Å². The third-order valence-corrected chi connectivity index (χ3v) is 3.37. The van der Waals surface area contributed by atoms with Gasteiger partial charge >= 0.3 is 0 Å². The van der Waals surface area contributed by atoms with Gasteiger partial charge in [0, 0.05) is 13.1 Å². The lowest BCUT2D eigenvalue weighted by molar-refractivity contribution is 0.628. The molecule has 3 aromatic rings. The van der Waals surface area contributed by atoms with Crippen LogP contribution in [-0.2, 0) is 13.6 Å². The average Bonchev–Trinajstić information content (AvgIpc) is 2.87. The molecule has 0 bridgehead atoms. The van der Waals surface area contributed by atoms with Gasteiger partial charge in [0.05, 0.1) is 22.6 Å². The van der Waals surface area contributed by atoms with Crippen LogP contribution in [0.3, 0.4) is 0 Å². The molecule has 0 aliphatic heterocycles. The lowest BCUT2D eigenvalue weighted by atomic mass is 10.3. The number of rotatable bonds is 2. The van der Waals surface area contributed by atoms with Crippen molar-refractivity contribution in [1.29, 1.82) is 0 Å². The maximum Gasteiger partial charge on any atom is 0.178 e. The third kappa shape index (κ3) is 2.15. The smallest absolute Gasteiger partial charge is 0.178 e. The van der Waals surface area contributed by atoms with Crippen molar-refractivity contribution in [1.82, 2.24) is 24.3 Å². The Bertz CT molecular complexity index is 818. The number of aryl methyl sites for hydroxylation is 1. The summed E-state index contributed by atoms with van der Waals surface area (Å²) in [5.41, 5.74) is 1.33. The normalized spacial score (nSPS) is 11.3. The second kappa shape index (κ2) is 4.43. The van der Waals surface area contributed by atoms with Crippen molar-refractivity contribution in [3.05, 3.63) is 39.9 Å². The van der Waals surface area contributed by atoms with Crippen molar-refractivity contribution >= 4 is 34.9 Å². The standard InChI is InChI=1S/C11H9ClFN5S/c1-17-5-14-10(16-17)4-18-9-3-7(13)6(12)2-8(9)15-11(18)19/h2-3,5H,4H2,1H3,(H,15,19). The quantitative estimate of drug-likeness (QED) is 0.740. The van der Waals surface area contributed by atoms with E-state index in [0.29, 0.717) is 28.2 Å². The van der Waals surface area contributed by atoms with Gasteiger partial charge in [-0.25, -0.2) is 9.37 Å². The first kappa shape index (κ1) is 12.3. The van der Waals surface area contributed by atoms with Gasteiger partial charge in [0.25, 0.3) is 0 Å². The minimum atomic E-state index is -0.481. The van der Waals surface area contributed by atoms with Gasteiger partial charge in [0.2, 0.25) is 0 Å². The summed E-state index contributed by atoms with van der Waals surface area (Å²) in [7, 11) is 1.78. The summed E-state index contributed by atoms with van der Waals surface area (Å²) in [6.07, 6.45) is 1.60. The van der Waals surface area contributed by atoms with E-state index in [2.05, 4.69) is 15.1 Å². The fourth-order valence-corrected chi connectivity index (χ4v) is 2.34. The molecule has 98 valence electrons. The predicted molar refractivity (Wildman–Crippen MR) is 72.2 cm³/mol. The molecule has 2 heterocycles. The Hall–Kier alpha value is -1.73. The zero-order valence-electron chi connectivity index (χ0n) is 9.89. The van der Waals surface area contributed by atoms with Crippen molar-refractivity contribution in [3.63, 3.8) is 0 Å². The Morgan fingerprint density at radius 1 is 1.47 bits per heavy atom. The molecule has 1 N–H and O–H groups in total. The number of aromatic nitrogens is 5. The largest absolute Gasteiger partial charge is 0.331 e. The summed E-state index contributed by atoms with van der Waals surface area (Å²) in [5, 5.41) is 4.24. The Labute approximate surface area is 117 Å². The molecule has 1 aromatic carbocycles. The van der Waals surface area contributed by atoms with E-state index >= 15 is 0 Å². The van der Waals surface area contributed by atoms with Crippen molar-refractivity contribution in [2.75, 3.05) is 0 Å². The lowest BCUT2D eigenvalue weighted by Crippen LogP contribution is -2.02. The molecule has 8 heteroatoms. The van der Waals surface area contributed by atoms with Gasteiger partial charge in [-0.15, -0.1) is 0 Å². The molecule has 0 amide bonds. The maximum atomic E-state index is 13.6. The highest BCUT2D eigenvalue weighted by atomic mass is 35.5. The number of fused-ring (bicyclic) bond motifs is 1. The van der Waals surface area contributed by atoms with Gasteiger partial charge in [-0.1, -0.05) is 11.6 Å². The molecule has 19 heavy (non-hydrogen) atoms. The molecule has 0 spiro atoms. The average molecular weight is 298 g/mol. The molecule has 5 nitrogen and oxygen atoms in total. The fourth-order valence-electron chi connectivity index (χ4n) is 1.91. The second-order valence-corrected chi connectivity index (χ2v) is 4.93. The zero-order chi connectivity index (χ0) is 13.6. The first-order chi connectivity index (χ1) is 9.04. The van der Waals surface area contributed by atoms with Gasteiger partial charge in [-0.2, -0.15) is 5.10 Å². The minimum Gasteiger partial charge on any atom is -0.331 e. The van der Waals surface area contributed by atoms with Crippen molar-refractivity contribution < 1.29 is 4.39 Å². The SMILES string of the molecule is Cn1cnc(Cn2c(=S)[nH]c3cc(Cl)c(F)cc32)n1. The van der Waals surface area contributed by atoms with Crippen LogP contribution in [-0.4, -0.2) is 24.3 Å². The molecular weight excluding hydrogens is 289 g/mol. The van der Waals surface area contributed by atoms with Gasteiger partial charge in [-0.3, -0.25) is 4.68 Å². The Kier molecular flexibility index (Phi) is 2.87. The van der Waals surface area contributed by atoms with Crippen LogP contribution in [0.15, 0.2) is 18.5 Å². The highest BCUT2D eigenvalue weighted by Gasteiger charge is 2.10. The highest BCUT2D eigenvalue weighted by Crippen LogP contribution is 2.23. The molecule has 0 atom stereocenters. The second-order valence-electron chi connectivity index (χ2n) is 4.13. The number of nitrogens with zero attached hydrogens (tertiary/aromatic N) is 4. The maximum absolute atomic E-state index is 13.6. The number of H-pyrrole nitrogens is 1. The molecule has 3 rings (SSSR count). The molecule has 0 aliphatic rings. The number of hydrogen-bond acceptors (Lipinski definition) is 3. The summed E-state index contributed by atoms with van der Waals surface area (Å²) in [6.45, 7) is 0.376. The van der Waals surface area contributed by atoms with Crippen molar-refractivity contribution in [2.24, 2.45) is 7.05 Å². The molecule has 0 fully saturated rings. The van der Waals surface area contributed by atoms with E-state index < -0.39 is 5.82 Å². The van der Waals surface area contributed by atoms with Crippen LogP contribution in [0.5, 0.6) is 0 Å². The Morgan fingerprint density at radius 2 is 2.26 bits per heavy atom. The Balaban J connectivity index is 2.15. The summed E-state index contributed by atoms with van der Waals surface area (Å²) < 4.78 is 17.4. The van der Waals surface area contributed by atoms with Crippen LogP contribution in [0.25, 0.3) is 11.0 Å². The summed E-state index contributed by atoms with van der Waals surface area (Å²) in [5.74, 6) is 0.126. The topological polar surface area (TPSA) is 51.4 Å². The van der Waals surface area contributed by atoms with Crippen LogP contribution in [0, 0.1) is 10.6 Å². The first-order valence-corrected chi connectivity index (χ1v) is 6.25. The zero-order valence-corrected chi connectivity index (χ0v) is 11.5. The number of imidazole rings is 1. The monoisotopic (exact) mass is 297 g/mol. The number of aromatic amines is 1. The van der Waals surface area contributed by atoms with Gasteiger partial charge in [0.1, 0.15) is 12.1 Å². The predicted octanol–water partition coefficient (Wildman–Crippen LogP) is 2.67. The summed E-state index contributed by atoms with van der Waals surface area (Å²) >= 11 is 11.0. The van der Waals surface area contributed by atoms with E-state index in [1.807, 2.05) is 0 Å². The molecule has 0 saturated heterocycles. The van der Waals surface area contributed by atoms with E-state index in [1.54, 1.807) is 22.6 Å². The van der Waals surface area contributed by atoms with Gasteiger partial charge in [0.15, 0.2) is 10.6 Å².